The minimum Gasteiger partial charge on any atom is -0.506 e. The molecule has 0 fully saturated rings. The third-order valence-electron chi connectivity index (χ3n) is 14.4. The number of carbonyl (C=O) groups is 1. The largest absolute Gasteiger partial charge is 0.506 e. The Morgan fingerprint density at radius 3 is 1.15 bits per heavy atom. The molecule has 0 aromatic carbocycles. The minimum absolute atomic E-state index is 0.0150. The van der Waals surface area contributed by atoms with E-state index in [0.717, 1.165) is 36.0 Å². The lowest BCUT2D eigenvalue weighted by atomic mass is 9.86. The molecule has 0 bridgehead atoms. The third kappa shape index (κ3) is 25.2. The van der Waals surface area contributed by atoms with Gasteiger partial charge in [0.05, 0.1) is 16.1 Å². The normalized spacial score (nSPS) is 14.9. The van der Waals surface area contributed by atoms with Crippen molar-refractivity contribution in [3.05, 3.63) is 45.4 Å². The summed E-state index contributed by atoms with van der Waals surface area (Å²) in [5, 5.41) is 14.1. The van der Waals surface area contributed by atoms with Gasteiger partial charge in [-0.05, 0) is 55.7 Å². The van der Waals surface area contributed by atoms with E-state index in [1.807, 2.05) is 0 Å². The van der Waals surface area contributed by atoms with Gasteiger partial charge in [0, 0.05) is 41.8 Å². The molecule has 2 aliphatic rings. The molecule has 0 atom stereocenters. The SMILES string of the molecule is CCCCCCCCCCCCN(CCCCCCCCCCCC)c1ccc(C2=C(O)/C(=C3\C=CC(=[N+](CCCCCCCCCCCC)CCCCCCCCCCCC)S3)C2=O)s1. The van der Waals surface area contributed by atoms with E-state index >= 15 is 0 Å². The van der Waals surface area contributed by atoms with Gasteiger partial charge >= 0.3 is 0 Å². The molecule has 1 aromatic heterocycles. The molecule has 0 saturated carbocycles. The van der Waals surface area contributed by atoms with Crippen molar-refractivity contribution < 1.29 is 14.5 Å². The van der Waals surface area contributed by atoms with Crippen LogP contribution in [0.25, 0.3) is 5.57 Å². The Labute approximate surface area is 417 Å². The molecule has 0 amide bonds. The van der Waals surface area contributed by atoms with E-state index in [1.165, 1.54) is 267 Å². The van der Waals surface area contributed by atoms with Gasteiger partial charge in [-0.1, -0.05) is 246 Å². The molecule has 1 aliphatic heterocycles. The number of hydrogen-bond donors (Lipinski definition) is 1. The lowest BCUT2D eigenvalue weighted by Gasteiger charge is -2.24. The van der Waals surface area contributed by atoms with Gasteiger partial charge in [0.1, 0.15) is 18.8 Å². The molecule has 0 radical (unpaired) electrons. The maximum Gasteiger partial charge on any atom is 0.239 e. The van der Waals surface area contributed by atoms with Gasteiger partial charge in [-0.3, -0.25) is 4.79 Å². The van der Waals surface area contributed by atoms with Crippen LogP contribution in [0.4, 0.5) is 5.00 Å². The summed E-state index contributed by atoms with van der Waals surface area (Å²) in [7, 11) is 0. The average Bonchev–Trinajstić information content (AvgIpc) is 4.00. The molecule has 66 heavy (non-hydrogen) atoms. The first kappa shape index (κ1) is 58.5. The first-order valence-electron chi connectivity index (χ1n) is 29.1. The number of hydrogen-bond acceptors (Lipinski definition) is 5. The van der Waals surface area contributed by atoms with E-state index in [4.69, 9.17) is 0 Å². The van der Waals surface area contributed by atoms with Gasteiger partial charge in [-0.15, -0.1) is 11.3 Å². The number of nitrogens with zero attached hydrogens (tertiary/aromatic N) is 2. The topological polar surface area (TPSA) is 43.5 Å². The van der Waals surface area contributed by atoms with Gasteiger partial charge in [-0.25, -0.2) is 4.58 Å². The Morgan fingerprint density at radius 2 is 0.788 bits per heavy atom. The number of anilines is 1. The molecule has 378 valence electrons. The van der Waals surface area contributed by atoms with E-state index < -0.39 is 0 Å². The Bertz CT molecular complexity index is 1450. The van der Waals surface area contributed by atoms with Crippen molar-refractivity contribution >= 4 is 44.5 Å². The maximum absolute atomic E-state index is 13.9. The first-order valence-corrected chi connectivity index (χ1v) is 30.7. The second kappa shape index (κ2) is 40.0. The minimum atomic E-state index is 0.0150. The van der Waals surface area contributed by atoms with E-state index in [9.17, 15) is 9.90 Å². The fourth-order valence-electron chi connectivity index (χ4n) is 9.95. The highest BCUT2D eigenvalue weighted by Gasteiger charge is 2.39. The van der Waals surface area contributed by atoms with Gasteiger partial charge in [0.25, 0.3) is 0 Å². The second-order valence-corrected chi connectivity index (χ2v) is 22.5. The van der Waals surface area contributed by atoms with E-state index in [-0.39, 0.29) is 11.5 Å². The van der Waals surface area contributed by atoms with Crippen LogP contribution in [-0.4, -0.2) is 46.7 Å². The van der Waals surface area contributed by atoms with Crippen LogP contribution in [0.1, 0.15) is 289 Å². The zero-order valence-electron chi connectivity index (χ0n) is 44.0. The van der Waals surface area contributed by atoms with E-state index in [2.05, 4.69) is 61.5 Å². The third-order valence-corrected chi connectivity index (χ3v) is 16.7. The van der Waals surface area contributed by atoms with Crippen LogP contribution in [0.3, 0.4) is 0 Å². The van der Waals surface area contributed by atoms with Gasteiger partial charge in [0.2, 0.25) is 10.8 Å². The Hall–Kier alpha value is -1.79. The monoisotopic (exact) mass is 950 g/mol. The van der Waals surface area contributed by atoms with Crippen LogP contribution in [-0.2, 0) is 4.79 Å². The number of allylic oxidation sites excluding steroid dienone is 3. The zero-order valence-corrected chi connectivity index (χ0v) is 45.6. The molecule has 0 saturated heterocycles. The van der Waals surface area contributed by atoms with Crippen molar-refractivity contribution in [1.82, 2.24) is 0 Å². The number of Topliss-reactive ketones (excluding diaryl/α,β-unsaturated/α-hetero) is 1. The molecule has 1 aliphatic carbocycles. The number of rotatable bonds is 46. The molecule has 0 spiro atoms. The van der Waals surface area contributed by atoms with Gasteiger partial charge < -0.3 is 10.0 Å². The lowest BCUT2D eigenvalue weighted by Crippen LogP contribution is -2.25. The highest BCUT2D eigenvalue weighted by atomic mass is 32.2. The summed E-state index contributed by atoms with van der Waals surface area (Å²) in [5.41, 5.74) is 1.06. The summed E-state index contributed by atoms with van der Waals surface area (Å²) < 4.78 is 2.60. The molecule has 3 rings (SSSR count). The van der Waals surface area contributed by atoms with Crippen LogP contribution in [0.2, 0.25) is 0 Å². The molecule has 4 nitrogen and oxygen atoms in total. The van der Waals surface area contributed by atoms with Crippen LogP contribution in [0.15, 0.2) is 40.5 Å². The van der Waals surface area contributed by atoms with Gasteiger partial charge in [-0.2, -0.15) is 0 Å². The van der Waals surface area contributed by atoms with Crippen LogP contribution >= 0.6 is 23.1 Å². The molecule has 1 N–H and O–H groups in total. The van der Waals surface area contributed by atoms with Crippen molar-refractivity contribution in [1.29, 1.82) is 0 Å². The average molecular weight is 951 g/mol. The van der Waals surface area contributed by atoms with Crippen LogP contribution in [0, 0.1) is 0 Å². The van der Waals surface area contributed by atoms with Crippen molar-refractivity contribution in [2.24, 2.45) is 0 Å². The summed E-state index contributed by atoms with van der Waals surface area (Å²) in [4.78, 5) is 18.4. The Balaban J connectivity index is 1.60. The van der Waals surface area contributed by atoms with E-state index in [0.29, 0.717) is 11.1 Å². The number of aliphatic hydroxyl groups is 1. The standard InChI is InChI=1S/C60H104N2O2S2/c1-5-9-13-17-21-25-29-33-37-41-49-61(50-42-38-34-30-26-22-18-14-10-6-2)55-47-45-53(65-55)57-59(63)58(60(57)64)54-46-48-56(66-54)62(51-43-39-35-31-27-23-19-15-11-7-3)52-44-40-36-32-28-24-20-16-12-8-4/h45-48H,5-44,49-52H2,1-4H3/p+1. The van der Waals surface area contributed by atoms with Crippen LogP contribution < -0.4 is 4.90 Å². The summed E-state index contributed by atoms with van der Waals surface area (Å²) in [6, 6.07) is 4.32. The number of thioether (sulfide) groups is 1. The van der Waals surface area contributed by atoms with Crippen LogP contribution in [0.5, 0.6) is 0 Å². The Kier molecular flexibility index (Phi) is 35.5. The highest BCUT2D eigenvalue weighted by Crippen LogP contribution is 2.45. The fraction of sp³-hybridized carbons (Fsp3) is 0.800. The Morgan fingerprint density at radius 1 is 0.439 bits per heavy atom. The highest BCUT2D eigenvalue weighted by molar-refractivity contribution is 8.18. The van der Waals surface area contributed by atoms with Crippen molar-refractivity contribution in [3.8, 4) is 0 Å². The lowest BCUT2D eigenvalue weighted by molar-refractivity contribution is -0.525. The molecular weight excluding hydrogens is 845 g/mol. The molecule has 0 unspecified atom stereocenters. The first-order chi connectivity index (χ1) is 32.5. The van der Waals surface area contributed by atoms with Crippen molar-refractivity contribution in [2.75, 3.05) is 31.1 Å². The van der Waals surface area contributed by atoms with E-state index in [1.54, 1.807) is 23.1 Å². The number of carbonyl (C=O) groups excluding carboxylic acids is 1. The molecular formula is C60H105N2O2S2+. The number of unbranched alkanes of at least 4 members (excludes halogenated alkanes) is 36. The second-order valence-electron chi connectivity index (χ2n) is 20.4. The van der Waals surface area contributed by atoms with Crippen molar-refractivity contribution in [2.45, 2.75) is 285 Å². The maximum atomic E-state index is 13.9. The van der Waals surface area contributed by atoms with Gasteiger partial charge in [0.15, 0.2) is 0 Å². The zero-order chi connectivity index (χ0) is 47.1. The number of ketones is 1. The summed E-state index contributed by atoms with van der Waals surface area (Å²) >= 11 is 3.42. The molecule has 1 aromatic rings. The summed E-state index contributed by atoms with van der Waals surface area (Å²) in [6.45, 7) is 13.5. The summed E-state index contributed by atoms with van der Waals surface area (Å²) in [6.07, 6.45) is 58.4. The molecule has 6 heteroatoms. The molecule has 2 heterocycles. The smallest absolute Gasteiger partial charge is 0.239 e. The predicted molar refractivity (Wildman–Crippen MR) is 297 cm³/mol. The fourth-order valence-corrected chi connectivity index (χ4v) is 12.1. The predicted octanol–water partition coefficient (Wildman–Crippen LogP) is 20.1. The quantitative estimate of drug-likeness (QED) is 0.0402. The number of thiophene rings is 1. The number of aliphatic hydroxyl groups excluding tert-OH is 1. The van der Waals surface area contributed by atoms with Crippen molar-refractivity contribution in [3.63, 3.8) is 0 Å². The summed E-state index contributed by atoms with van der Waals surface area (Å²) in [5.74, 6) is 0.217.